The van der Waals surface area contributed by atoms with E-state index in [2.05, 4.69) is 5.10 Å². The minimum Gasteiger partial charge on any atom is -0.476 e. The molecule has 0 bridgehead atoms. The number of hydrogen-bond donors (Lipinski definition) is 1. The van der Waals surface area contributed by atoms with E-state index in [9.17, 15) is 18.3 Å². The fraction of sp³-hybridized carbons (Fsp3) is 0.226. The van der Waals surface area contributed by atoms with Crippen LogP contribution in [0.2, 0.25) is 0 Å². The lowest BCUT2D eigenvalue weighted by Gasteiger charge is -2.35. The van der Waals surface area contributed by atoms with Crippen LogP contribution in [0.4, 0.5) is 11.4 Å². The van der Waals surface area contributed by atoms with Crippen LogP contribution in [-0.4, -0.2) is 56.9 Å². The van der Waals surface area contributed by atoms with Crippen LogP contribution in [-0.2, 0) is 21.9 Å². The highest BCUT2D eigenvalue weighted by Gasteiger charge is 2.40. The van der Waals surface area contributed by atoms with Crippen LogP contribution in [0.25, 0.3) is 6.08 Å². The topological polar surface area (TPSA) is 95.7 Å². The second-order valence-corrected chi connectivity index (χ2v) is 12.3. The first-order valence-corrected chi connectivity index (χ1v) is 14.3. The molecule has 40 heavy (non-hydrogen) atoms. The zero-order valence-corrected chi connectivity index (χ0v) is 24.0. The third kappa shape index (κ3) is 4.56. The van der Waals surface area contributed by atoms with E-state index in [4.69, 9.17) is 0 Å². The maximum atomic E-state index is 13.8. The minimum atomic E-state index is -4.17. The van der Waals surface area contributed by atoms with E-state index in [1.165, 1.54) is 12.1 Å². The van der Waals surface area contributed by atoms with Crippen LogP contribution >= 0.6 is 0 Å². The van der Waals surface area contributed by atoms with Crippen molar-refractivity contribution in [1.29, 1.82) is 0 Å². The molecule has 0 atom stereocenters. The summed E-state index contributed by atoms with van der Waals surface area (Å²) in [6, 6.07) is 22.7. The quantitative estimate of drug-likeness (QED) is 0.349. The maximum absolute atomic E-state index is 13.8. The molecule has 0 saturated heterocycles. The summed E-state index contributed by atoms with van der Waals surface area (Å²) >= 11 is 0. The number of nitrogens with zero attached hydrogens (tertiary/aromatic N) is 4. The van der Waals surface area contributed by atoms with E-state index in [1.54, 1.807) is 18.2 Å². The first-order valence-electron chi connectivity index (χ1n) is 12.9. The molecule has 1 N–H and O–H groups in total. The third-order valence-corrected chi connectivity index (χ3v) is 9.14. The lowest BCUT2D eigenvalue weighted by Crippen LogP contribution is -2.33. The van der Waals surface area contributed by atoms with Crippen LogP contribution in [0.3, 0.4) is 0 Å². The van der Waals surface area contributed by atoms with Crippen molar-refractivity contribution >= 4 is 33.4 Å². The van der Waals surface area contributed by atoms with Crippen molar-refractivity contribution in [3.63, 3.8) is 0 Å². The number of rotatable bonds is 7. The molecular formula is C31H32N4O4S. The van der Waals surface area contributed by atoms with Crippen molar-refractivity contribution in [3.8, 4) is 0 Å². The van der Waals surface area contributed by atoms with Gasteiger partial charge in [-0.25, -0.2) is 4.79 Å². The summed E-state index contributed by atoms with van der Waals surface area (Å²) in [7, 11) is 3.72. The summed E-state index contributed by atoms with van der Waals surface area (Å²) in [5.74, 6) is -1.28. The summed E-state index contributed by atoms with van der Waals surface area (Å²) in [6.07, 6.45) is 3.88. The average molecular weight is 557 g/mol. The summed E-state index contributed by atoms with van der Waals surface area (Å²) in [5, 5.41) is 14.1. The Morgan fingerprint density at radius 2 is 1.35 bits per heavy atom. The molecule has 8 nitrogen and oxygen atoms in total. The highest BCUT2D eigenvalue weighted by Crippen LogP contribution is 2.44. The number of carbonyl (C=O) groups is 1. The van der Waals surface area contributed by atoms with Gasteiger partial charge in [0.25, 0.3) is 10.0 Å². The summed E-state index contributed by atoms with van der Waals surface area (Å²) in [6.45, 7) is 1.87. The molecule has 5 rings (SSSR count). The van der Waals surface area contributed by atoms with Crippen molar-refractivity contribution < 1.29 is 18.3 Å². The number of anilines is 2. The van der Waals surface area contributed by atoms with E-state index in [0.717, 1.165) is 32.2 Å². The number of allylic oxidation sites excluding steroid dienone is 1. The Kier molecular flexibility index (Phi) is 6.79. The Hall–Kier alpha value is -4.37. The minimum absolute atomic E-state index is 0.0474. The zero-order chi connectivity index (χ0) is 28.8. The Bertz CT molecular complexity index is 1650. The van der Waals surface area contributed by atoms with Gasteiger partial charge >= 0.3 is 5.97 Å². The average Bonchev–Trinajstić information content (AvgIpc) is 3.33. The molecule has 0 unspecified atom stereocenters. The smallest absolute Gasteiger partial charge is 0.357 e. The summed E-state index contributed by atoms with van der Waals surface area (Å²) in [5.41, 5.74) is 4.45. The largest absolute Gasteiger partial charge is 0.476 e. The highest BCUT2D eigenvalue weighted by atomic mass is 32.2. The molecule has 0 spiro atoms. The van der Waals surface area contributed by atoms with Crippen molar-refractivity contribution in [1.82, 2.24) is 9.19 Å². The van der Waals surface area contributed by atoms with Gasteiger partial charge in [0.2, 0.25) is 0 Å². The van der Waals surface area contributed by atoms with Crippen LogP contribution in [0.1, 0.15) is 38.4 Å². The van der Waals surface area contributed by atoms with Crippen molar-refractivity contribution in [3.05, 3.63) is 113 Å². The SMILES string of the molecule is Cc1ccc(S(=O)(=O)n2nc(C(=O)O)c3c2CC(c2ccc(N(C)C)cc2)(c2ccc(N(C)C)cc2)C=C3)cc1. The number of carboxylic acid groups (broad SMARTS) is 1. The van der Waals surface area contributed by atoms with Gasteiger partial charge in [-0.05, 0) is 54.4 Å². The number of aryl methyl sites for hydroxylation is 1. The van der Waals surface area contributed by atoms with Crippen molar-refractivity contribution in [2.45, 2.75) is 23.7 Å². The molecule has 206 valence electrons. The zero-order valence-electron chi connectivity index (χ0n) is 23.2. The number of hydrogen-bond acceptors (Lipinski definition) is 6. The van der Waals surface area contributed by atoms with E-state index in [1.807, 2.05) is 99.5 Å². The molecule has 0 radical (unpaired) electrons. The summed E-state index contributed by atoms with van der Waals surface area (Å²) in [4.78, 5) is 16.3. The van der Waals surface area contributed by atoms with Gasteiger partial charge in [0.15, 0.2) is 5.69 Å². The van der Waals surface area contributed by atoms with Crippen LogP contribution < -0.4 is 9.80 Å². The molecule has 0 saturated carbocycles. The van der Waals surface area contributed by atoms with E-state index < -0.39 is 21.4 Å². The molecule has 9 heteroatoms. The van der Waals surface area contributed by atoms with Crippen LogP contribution in [0.5, 0.6) is 0 Å². The molecule has 1 aliphatic carbocycles. The van der Waals surface area contributed by atoms with Gasteiger partial charge in [-0.2, -0.15) is 12.5 Å². The highest BCUT2D eigenvalue weighted by molar-refractivity contribution is 7.89. The van der Waals surface area contributed by atoms with Crippen LogP contribution in [0.15, 0.2) is 83.8 Å². The molecular weight excluding hydrogens is 524 g/mol. The van der Waals surface area contributed by atoms with E-state index >= 15 is 0 Å². The lowest BCUT2D eigenvalue weighted by molar-refractivity contribution is 0.0690. The van der Waals surface area contributed by atoms with Gasteiger partial charge in [0.1, 0.15) is 0 Å². The van der Waals surface area contributed by atoms with Gasteiger partial charge in [0.05, 0.1) is 10.6 Å². The molecule has 3 aromatic carbocycles. The first-order chi connectivity index (χ1) is 18.9. The molecule has 0 fully saturated rings. The second kappa shape index (κ2) is 9.98. The molecule has 1 heterocycles. The van der Waals surface area contributed by atoms with Crippen molar-refractivity contribution in [2.24, 2.45) is 0 Å². The molecule has 1 aliphatic rings. The Balaban J connectivity index is 1.73. The van der Waals surface area contributed by atoms with Gasteiger partial charge in [-0.1, -0.05) is 54.1 Å². The van der Waals surface area contributed by atoms with Gasteiger partial charge in [0, 0.05) is 57.0 Å². The number of benzene rings is 3. The Morgan fingerprint density at radius 1 is 0.850 bits per heavy atom. The lowest BCUT2D eigenvalue weighted by atomic mass is 9.68. The predicted molar refractivity (Wildman–Crippen MR) is 158 cm³/mol. The number of fused-ring (bicyclic) bond motifs is 1. The molecule has 0 aliphatic heterocycles. The Morgan fingerprint density at radius 3 is 1.80 bits per heavy atom. The molecule has 4 aromatic rings. The normalized spacial score (nSPS) is 14.0. The number of carboxylic acids is 1. The monoisotopic (exact) mass is 556 g/mol. The number of aromatic carboxylic acids is 1. The number of aromatic nitrogens is 2. The van der Waals surface area contributed by atoms with E-state index in [-0.39, 0.29) is 17.0 Å². The van der Waals surface area contributed by atoms with Crippen LogP contribution in [0, 0.1) is 6.92 Å². The van der Waals surface area contributed by atoms with Gasteiger partial charge < -0.3 is 14.9 Å². The fourth-order valence-electron chi connectivity index (χ4n) is 5.18. The molecule has 0 amide bonds. The van der Waals surface area contributed by atoms with Crippen molar-refractivity contribution in [2.75, 3.05) is 38.0 Å². The first kappa shape index (κ1) is 27.2. The summed E-state index contributed by atoms with van der Waals surface area (Å²) < 4.78 is 28.6. The van der Waals surface area contributed by atoms with Gasteiger partial charge in [-0.15, -0.1) is 5.10 Å². The predicted octanol–water partition coefficient (Wildman–Crippen LogP) is 4.81. The molecule has 1 aromatic heterocycles. The second-order valence-electron chi connectivity index (χ2n) is 10.5. The third-order valence-electron chi connectivity index (χ3n) is 7.52. The standard InChI is InChI=1S/C31H32N4O4S/c1-21-6-16-26(17-7-21)40(38,39)35-28-20-31(19-18-27(28)29(32-35)30(36)37,22-8-12-24(13-9-22)33(2)3)23-10-14-25(15-11-23)34(4)5/h6-19H,20H2,1-5H3,(H,36,37). The maximum Gasteiger partial charge on any atom is 0.357 e. The van der Waals surface area contributed by atoms with E-state index in [0.29, 0.717) is 11.3 Å². The fourth-order valence-corrected chi connectivity index (χ4v) is 6.50. The van der Waals surface area contributed by atoms with Gasteiger partial charge in [-0.3, -0.25) is 0 Å². The Labute approximate surface area is 234 Å².